The number of hydrogen-bond donors (Lipinski definition) is 1. The second-order valence-electron chi connectivity index (χ2n) is 6.12. The topological polar surface area (TPSA) is 59.1 Å². The number of nitrogens with zero attached hydrogens (tertiary/aromatic N) is 4. The molecule has 3 aromatic rings. The molecule has 3 heterocycles. The highest BCUT2D eigenvalue weighted by Crippen LogP contribution is 2.43. The smallest absolute Gasteiger partial charge is 0.420 e. The molecule has 1 aliphatic heterocycles. The van der Waals surface area contributed by atoms with Crippen LogP contribution in [0.25, 0.3) is 16.8 Å². The van der Waals surface area contributed by atoms with Gasteiger partial charge in [0.1, 0.15) is 16.8 Å². The molecular weight excluding hydrogens is 371 g/mol. The summed E-state index contributed by atoms with van der Waals surface area (Å²) in [6.45, 7) is 3.92. The third kappa shape index (κ3) is 2.80. The Morgan fingerprint density at radius 1 is 1.38 bits per heavy atom. The summed E-state index contributed by atoms with van der Waals surface area (Å²) < 4.78 is 47.9. The summed E-state index contributed by atoms with van der Waals surface area (Å²) in [4.78, 5) is 6.02. The predicted molar refractivity (Wildman–Crippen MR) is 90.8 cm³/mol. The predicted octanol–water partition coefficient (Wildman–Crippen LogP) is 3.48. The first kappa shape index (κ1) is 17.2. The summed E-state index contributed by atoms with van der Waals surface area (Å²) in [5.74, 6) is 0. The van der Waals surface area contributed by atoms with E-state index in [9.17, 15) is 13.2 Å². The summed E-state index contributed by atoms with van der Waals surface area (Å²) in [5.41, 5.74) is -0.991. The van der Waals surface area contributed by atoms with Gasteiger partial charge in [-0.15, -0.1) is 0 Å². The van der Waals surface area contributed by atoms with Crippen molar-refractivity contribution in [2.45, 2.75) is 19.1 Å². The molecule has 0 radical (unpaired) electrons. The molecule has 138 valence electrons. The Hall–Kier alpha value is -2.26. The Kier molecular flexibility index (Phi) is 4.07. The van der Waals surface area contributed by atoms with Gasteiger partial charge < -0.3 is 14.6 Å². The van der Waals surface area contributed by atoms with Crippen LogP contribution in [0.5, 0.6) is 0 Å². The molecule has 1 saturated heterocycles. The van der Waals surface area contributed by atoms with Crippen molar-refractivity contribution in [3.63, 3.8) is 0 Å². The van der Waals surface area contributed by atoms with E-state index in [1.807, 2.05) is 11.8 Å². The minimum atomic E-state index is -4.65. The number of alkyl halides is 3. The zero-order valence-electron chi connectivity index (χ0n) is 13.7. The molecule has 0 bridgehead atoms. The Morgan fingerprint density at radius 3 is 2.85 bits per heavy atom. The molecule has 0 amide bonds. The van der Waals surface area contributed by atoms with Crippen LogP contribution >= 0.6 is 11.6 Å². The van der Waals surface area contributed by atoms with Gasteiger partial charge in [0.2, 0.25) is 0 Å². The van der Waals surface area contributed by atoms with Crippen LogP contribution in [0.3, 0.4) is 0 Å². The molecular formula is C16H15ClF3N5O. The molecule has 1 N–H and O–H groups in total. The Labute approximate surface area is 151 Å². The van der Waals surface area contributed by atoms with Crippen LogP contribution in [-0.4, -0.2) is 40.4 Å². The molecule has 1 unspecified atom stereocenters. The summed E-state index contributed by atoms with van der Waals surface area (Å²) in [6, 6.07) is 3.05. The summed E-state index contributed by atoms with van der Waals surface area (Å²) in [6.07, 6.45) is -1.53. The van der Waals surface area contributed by atoms with Crippen LogP contribution in [0.4, 0.5) is 19.2 Å². The molecule has 4 rings (SSSR count). The van der Waals surface area contributed by atoms with Crippen molar-refractivity contribution in [3.05, 3.63) is 35.1 Å². The van der Waals surface area contributed by atoms with Crippen LogP contribution in [0, 0.1) is 0 Å². The quantitative estimate of drug-likeness (QED) is 0.732. The van der Waals surface area contributed by atoms with E-state index in [4.69, 9.17) is 16.0 Å². The molecule has 1 aromatic carbocycles. The van der Waals surface area contributed by atoms with Crippen molar-refractivity contribution < 1.29 is 17.6 Å². The van der Waals surface area contributed by atoms with E-state index in [0.29, 0.717) is 25.3 Å². The highest BCUT2D eigenvalue weighted by atomic mass is 35.5. The molecule has 1 atom stereocenters. The number of fused-ring (bicyclic) bond motifs is 1. The molecule has 0 saturated carbocycles. The lowest BCUT2D eigenvalue weighted by atomic mass is 10.1. The van der Waals surface area contributed by atoms with E-state index >= 15 is 0 Å². The first-order chi connectivity index (χ1) is 12.4. The first-order valence-electron chi connectivity index (χ1n) is 8.04. The van der Waals surface area contributed by atoms with E-state index in [1.165, 1.54) is 16.9 Å². The zero-order valence-corrected chi connectivity index (χ0v) is 14.5. The van der Waals surface area contributed by atoms with Crippen LogP contribution in [0.15, 0.2) is 28.9 Å². The lowest BCUT2D eigenvalue weighted by Crippen LogP contribution is -2.50. The summed E-state index contributed by atoms with van der Waals surface area (Å²) in [5, 5.41) is 6.85. The number of piperazine rings is 1. The average molecular weight is 386 g/mol. The van der Waals surface area contributed by atoms with Gasteiger partial charge in [-0.25, -0.2) is 4.68 Å². The number of nitrogens with one attached hydrogen (secondary N) is 1. The highest BCUT2D eigenvalue weighted by Gasteiger charge is 2.39. The number of aromatic nitrogens is 3. The fourth-order valence-corrected chi connectivity index (χ4v) is 3.42. The first-order valence-corrected chi connectivity index (χ1v) is 8.41. The molecule has 0 aliphatic carbocycles. The second-order valence-corrected chi connectivity index (χ2v) is 6.53. The van der Waals surface area contributed by atoms with Crippen LogP contribution in [-0.2, 0) is 6.18 Å². The Balaban J connectivity index is 1.97. The lowest BCUT2D eigenvalue weighted by Gasteiger charge is -2.32. The Morgan fingerprint density at radius 2 is 2.19 bits per heavy atom. The van der Waals surface area contributed by atoms with Crippen molar-refractivity contribution in [1.29, 1.82) is 0 Å². The van der Waals surface area contributed by atoms with E-state index in [1.54, 1.807) is 12.3 Å². The average Bonchev–Trinajstić information content (AvgIpc) is 3.22. The molecule has 2 aromatic heterocycles. The molecule has 0 spiro atoms. The van der Waals surface area contributed by atoms with E-state index < -0.39 is 16.8 Å². The number of oxazole rings is 1. The van der Waals surface area contributed by atoms with Gasteiger partial charge in [-0.05, 0) is 19.1 Å². The van der Waals surface area contributed by atoms with Crippen molar-refractivity contribution in [1.82, 2.24) is 20.1 Å². The van der Waals surface area contributed by atoms with Gasteiger partial charge in [-0.2, -0.15) is 23.3 Å². The molecule has 1 aliphatic rings. The zero-order chi connectivity index (χ0) is 18.5. The minimum absolute atomic E-state index is 0.00570. The monoisotopic (exact) mass is 385 g/mol. The number of halogens is 4. The number of anilines is 1. The van der Waals surface area contributed by atoms with Gasteiger partial charge in [0.05, 0.1) is 5.02 Å². The fraction of sp³-hybridized carbons (Fsp3) is 0.375. The highest BCUT2D eigenvalue weighted by molar-refractivity contribution is 6.32. The normalized spacial score (nSPS) is 18.7. The van der Waals surface area contributed by atoms with Crippen LogP contribution < -0.4 is 10.2 Å². The lowest BCUT2D eigenvalue weighted by molar-refractivity contribution is -0.136. The summed E-state index contributed by atoms with van der Waals surface area (Å²) >= 11 is 5.97. The largest absolute Gasteiger partial charge is 0.421 e. The maximum atomic E-state index is 13.6. The Bertz CT molecular complexity index is 938. The van der Waals surface area contributed by atoms with Crippen molar-refractivity contribution in [3.8, 4) is 5.69 Å². The van der Waals surface area contributed by atoms with Crippen molar-refractivity contribution in [2.24, 2.45) is 0 Å². The van der Waals surface area contributed by atoms with Crippen molar-refractivity contribution >= 4 is 28.7 Å². The SMILES string of the molecule is CC1CNCCN1c1nc2c(C(F)(F)F)c(Cl)cc(-n3cccn3)c2o1. The standard InChI is InChI=1S/C16H15ClF3N5O/c1-9-8-21-4-6-24(9)15-23-13-12(16(18,19)20)10(17)7-11(14(13)26-15)25-5-2-3-22-25/h2-3,5,7,9,21H,4,6,8H2,1H3. The maximum Gasteiger partial charge on any atom is 0.420 e. The molecule has 1 fully saturated rings. The number of rotatable bonds is 2. The van der Waals surface area contributed by atoms with Gasteiger partial charge >= 0.3 is 6.18 Å². The van der Waals surface area contributed by atoms with Gasteiger partial charge in [0.15, 0.2) is 5.58 Å². The van der Waals surface area contributed by atoms with Crippen LogP contribution in [0.1, 0.15) is 12.5 Å². The summed E-state index contributed by atoms with van der Waals surface area (Å²) in [7, 11) is 0. The van der Waals surface area contributed by atoms with Gasteiger partial charge in [-0.1, -0.05) is 11.6 Å². The third-order valence-electron chi connectivity index (χ3n) is 4.37. The fourth-order valence-electron chi connectivity index (χ4n) is 3.12. The van der Waals surface area contributed by atoms with Gasteiger partial charge in [0.25, 0.3) is 6.01 Å². The minimum Gasteiger partial charge on any atom is -0.421 e. The van der Waals surface area contributed by atoms with E-state index in [0.717, 1.165) is 0 Å². The van der Waals surface area contributed by atoms with Gasteiger partial charge in [-0.3, -0.25) is 0 Å². The molecule has 6 nitrogen and oxygen atoms in total. The second kappa shape index (κ2) is 6.17. The van der Waals surface area contributed by atoms with E-state index in [-0.39, 0.29) is 23.2 Å². The number of hydrogen-bond acceptors (Lipinski definition) is 5. The molecule has 10 heteroatoms. The third-order valence-corrected chi connectivity index (χ3v) is 4.67. The number of benzene rings is 1. The van der Waals surface area contributed by atoms with E-state index in [2.05, 4.69) is 15.4 Å². The van der Waals surface area contributed by atoms with Gasteiger partial charge in [0, 0.05) is 38.1 Å². The molecule has 26 heavy (non-hydrogen) atoms. The van der Waals surface area contributed by atoms with Crippen molar-refractivity contribution in [2.75, 3.05) is 24.5 Å². The van der Waals surface area contributed by atoms with Crippen LogP contribution in [0.2, 0.25) is 5.02 Å². The maximum absolute atomic E-state index is 13.6.